The second-order valence-corrected chi connectivity index (χ2v) is 7.95. The van der Waals surface area contributed by atoms with Gasteiger partial charge in [0.2, 0.25) is 0 Å². The van der Waals surface area contributed by atoms with Crippen LogP contribution in [-0.4, -0.2) is 0 Å². The van der Waals surface area contributed by atoms with Crippen molar-refractivity contribution >= 4 is 0 Å². The molecule has 0 amide bonds. The van der Waals surface area contributed by atoms with E-state index in [4.69, 9.17) is 0 Å². The molecule has 2 saturated carbocycles. The third-order valence-corrected chi connectivity index (χ3v) is 6.26. The SMILES string of the molecule is C=C.CC.CC.CCC1CC2CC(C)/C(=C(/C)C3=CC(C)=CCC=C3)C(C1)C2. The summed E-state index contributed by atoms with van der Waals surface area (Å²) in [4.78, 5) is 0. The highest BCUT2D eigenvalue weighted by molar-refractivity contribution is 5.48. The second-order valence-electron chi connectivity index (χ2n) is 7.95. The maximum Gasteiger partial charge on any atom is -0.0160 e. The molecule has 0 aromatic carbocycles. The van der Waals surface area contributed by atoms with Crippen LogP contribution in [0.3, 0.4) is 0 Å². The molecule has 3 aliphatic carbocycles. The molecule has 0 N–H and O–H groups in total. The zero-order valence-electron chi connectivity index (χ0n) is 20.3. The number of allylic oxidation sites excluding steroid dienone is 8. The molecular weight excluding hydrogens is 336 g/mol. The lowest BCUT2D eigenvalue weighted by Gasteiger charge is -2.44. The molecule has 0 heteroatoms. The van der Waals surface area contributed by atoms with E-state index < -0.39 is 0 Å². The average Bonchev–Trinajstić information content (AvgIpc) is 2.96. The quantitative estimate of drug-likeness (QED) is 0.416. The molecule has 2 fully saturated rings. The predicted molar refractivity (Wildman–Crippen MR) is 131 cm³/mol. The Morgan fingerprint density at radius 1 is 1.04 bits per heavy atom. The minimum atomic E-state index is 0.781. The first kappa shape index (κ1) is 26.7. The molecule has 3 aliphatic rings. The third kappa shape index (κ3) is 7.26. The van der Waals surface area contributed by atoms with E-state index in [1.807, 2.05) is 27.7 Å². The second kappa shape index (κ2) is 14.7. The van der Waals surface area contributed by atoms with Gasteiger partial charge in [0.1, 0.15) is 0 Å². The van der Waals surface area contributed by atoms with Gasteiger partial charge in [-0.1, -0.05) is 83.4 Å². The predicted octanol–water partition coefficient (Wildman–Crippen LogP) is 9.47. The van der Waals surface area contributed by atoms with Crippen molar-refractivity contribution < 1.29 is 0 Å². The van der Waals surface area contributed by atoms with Gasteiger partial charge in [-0.25, -0.2) is 0 Å². The molecule has 2 bridgehead atoms. The lowest BCUT2D eigenvalue weighted by atomic mass is 9.61. The number of fused-ring (bicyclic) bond motifs is 2. The molecule has 0 nitrogen and oxygen atoms in total. The van der Waals surface area contributed by atoms with Gasteiger partial charge in [0.25, 0.3) is 0 Å². The van der Waals surface area contributed by atoms with Gasteiger partial charge in [0.05, 0.1) is 0 Å². The molecule has 160 valence electrons. The van der Waals surface area contributed by atoms with Gasteiger partial charge >= 0.3 is 0 Å². The smallest absolute Gasteiger partial charge is 0.0160 e. The molecule has 4 atom stereocenters. The van der Waals surface area contributed by atoms with E-state index in [0.717, 1.165) is 30.1 Å². The molecule has 28 heavy (non-hydrogen) atoms. The normalized spacial score (nSPS) is 29.9. The van der Waals surface area contributed by atoms with Crippen LogP contribution in [0.4, 0.5) is 0 Å². The Hall–Kier alpha value is -1.30. The fourth-order valence-electron chi connectivity index (χ4n) is 5.25. The van der Waals surface area contributed by atoms with Crippen molar-refractivity contribution in [3.05, 3.63) is 59.8 Å². The maximum absolute atomic E-state index is 3.00. The van der Waals surface area contributed by atoms with E-state index in [1.165, 1.54) is 43.3 Å². The summed E-state index contributed by atoms with van der Waals surface area (Å²) in [6.45, 7) is 23.5. The fourth-order valence-corrected chi connectivity index (χ4v) is 5.25. The summed E-state index contributed by atoms with van der Waals surface area (Å²) in [7, 11) is 0. The first-order chi connectivity index (χ1) is 13.6. The molecule has 0 heterocycles. The Balaban J connectivity index is 0.00000111. The van der Waals surface area contributed by atoms with Crippen LogP contribution in [0.25, 0.3) is 0 Å². The van der Waals surface area contributed by atoms with Crippen molar-refractivity contribution in [3.63, 3.8) is 0 Å². The first-order valence-corrected chi connectivity index (χ1v) is 11.8. The Kier molecular flexibility index (Phi) is 14.0. The lowest BCUT2D eigenvalue weighted by molar-refractivity contribution is 0.149. The van der Waals surface area contributed by atoms with Crippen LogP contribution in [-0.2, 0) is 0 Å². The molecule has 4 unspecified atom stereocenters. The average molecular weight is 385 g/mol. The minimum Gasteiger partial charge on any atom is -0.106 e. The van der Waals surface area contributed by atoms with E-state index in [2.05, 4.69) is 65.2 Å². The monoisotopic (exact) mass is 384 g/mol. The largest absolute Gasteiger partial charge is 0.106 e. The molecule has 0 saturated heterocycles. The summed E-state index contributed by atoms with van der Waals surface area (Å²) >= 11 is 0. The van der Waals surface area contributed by atoms with Crippen LogP contribution in [0.1, 0.15) is 93.9 Å². The molecule has 0 aromatic heterocycles. The number of rotatable bonds is 2. The lowest BCUT2D eigenvalue weighted by Crippen LogP contribution is -2.33. The zero-order valence-corrected chi connectivity index (χ0v) is 20.3. The molecule has 0 radical (unpaired) electrons. The molecular formula is C28H48. The van der Waals surface area contributed by atoms with Gasteiger partial charge in [-0.05, 0) is 80.8 Å². The number of hydrogen-bond donors (Lipinski definition) is 0. The van der Waals surface area contributed by atoms with E-state index in [0.29, 0.717) is 0 Å². The third-order valence-electron chi connectivity index (χ3n) is 6.26. The van der Waals surface area contributed by atoms with Gasteiger partial charge in [0.15, 0.2) is 0 Å². The zero-order chi connectivity index (χ0) is 21.7. The Bertz CT molecular complexity index is 553. The van der Waals surface area contributed by atoms with Crippen molar-refractivity contribution in [2.24, 2.45) is 23.7 Å². The Labute approximate surface area is 177 Å². The summed E-state index contributed by atoms with van der Waals surface area (Å²) in [5.74, 6) is 3.60. The first-order valence-electron chi connectivity index (χ1n) is 11.8. The highest BCUT2D eigenvalue weighted by Crippen LogP contribution is 2.50. The standard InChI is InChI=1S/C22H32.2C2H6.C2H4/c1-5-18-12-19-11-16(3)22(21(13-18)14-19)17(4)20-9-7-6-8-15(2)10-20;3*1-2/h7-10,16,18-19,21H,5-6,11-14H2,1-4H3;2*1-2H3;1-2H2/b22-17+;;;. The fraction of sp³-hybridized carbons (Fsp3) is 0.643. The van der Waals surface area contributed by atoms with Gasteiger partial charge in [0, 0.05) is 0 Å². The molecule has 0 aliphatic heterocycles. The van der Waals surface area contributed by atoms with Crippen molar-refractivity contribution in [3.8, 4) is 0 Å². The molecule has 3 rings (SSSR count). The van der Waals surface area contributed by atoms with E-state index in [1.54, 1.807) is 11.1 Å². The molecule has 0 aromatic rings. The topological polar surface area (TPSA) is 0 Å². The highest BCUT2D eigenvalue weighted by atomic mass is 14.4. The van der Waals surface area contributed by atoms with Crippen LogP contribution in [0.15, 0.2) is 59.8 Å². The van der Waals surface area contributed by atoms with Crippen LogP contribution in [0, 0.1) is 23.7 Å². The summed E-state index contributed by atoms with van der Waals surface area (Å²) in [5.41, 5.74) is 6.25. The number of hydrogen-bond acceptors (Lipinski definition) is 0. The van der Waals surface area contributed by atoms with Crippen molar-refractivity contribution in [2.75, 3.05) is 0 Å². The van der Waals surface area contributed by atoms with Gasteiger partial charge in [-0.3, -0.25) is 0 Å². The summed E-state index contributed by atoms with van der Waals surface area (Å²) in [6.07, 6.45) is 17.7. The Morgan fingerprint density at radius 2 is 1.68 bits per heavy atom. The van der Waals surface area contributed by atoms with Gasteiger partial charge < -0.3 is 0 Å². The molecule has 0 spiro atoms. The van der Waals surface area contributed by atoms with E-state index >= 15 is 0 Å². The van der Waals surface area contributed by atoms with Crippen LogP contribution < -0.4 is 0 Å². The van der Waals surface area contributed by atoms with Crippen molar-refractivity contribution in [2.45, 2.75) is 93.9 Å². The van der Waals surface area contributed by atoms with Gasteiger partial charge in [-0.15, -0.1) is 13.2 Å². The maximum atomic E-state index is 3.00. The van der Waals surface area contributed by atoms with Gasteiger partial charge in [-0.2, -0.15) is 0 Å². The van der Waals surface area contributed by atoms with E-state index in [9.17, 15) is 0 Å². The summed E-state index contributed by atoms with van der Waals surface area (Å²) in [5, 5.41) is 0. The van der Waals surface area contributed by atoms with Crippen LogP contribution >= 0.6 is 0 Å². The van der Waals surface area contributed by atoms with Crippen molar-refractivity contribution in [1.29, 1.82) is 0 Å². The Morgan fingerprint density at radius 3 is 2.29 bits per heavy atom. The summed E-state index contributed by atoms with van der Waals surface area (Å²) in [6, 6.07) is 0. The van der Waals surface area contributed by atoms with Crippen molar-refractivity contribution in [1.82, 2.24) is 0 Å². The highest BCUT2D eigenvalue weighted by Gasteiger charge is 2.38. The minimum absolute atomic E-state index is 0.781. The van der Waals surface area contributed by atoms with Crippen LogP contribution in [0.5, 0.6) is 0 Å². The van der Waals surface area contributed by atoms with E-state index in [-0.39, 0.29) is 0 Å². The summed E-state index contributed by atoms with van der Waals surface area (Å²) < 4.78 is 0. The van der Waals surface area contributed by atoms with Crippen LogP contribution in [0.2, 0.25) is 0 Å².